The van der Waals surface area contributed by atoms with Crippen molar-refractivity contribution < 1.29 is 4.79 Å². The first-order valence-electron chi connectivity index (χ1n) is 8.36. The van der Waals surface area contributed by atoms with E-state index in [1.807, 2.05) is 30.3 Å². The molecular formula is C19H18N4OS. The Morgan fingerprint density at radius 3 is 3.00 bits per heavy atom. The van der Waals surface area contributed by atoms with Crippen LogP contribution < -0.4 is 5.32 Å². The third-order valence-electron chi connectivity index (χ3n) is 4.38. The molecule has 126 valence electrons. The van der Waals surface area contributed by atoms with Gasteiger partial charge in [-0.2, -0.15) is 0 Å². The van der Waals surface area contributed by atoms with Crippen molar-refractivity contribution in [1.82, 2.24) is 20.3 Å². The number of pyridine rings is 2. The summed E-state index contributed by atoms with van der Waals surface area (Å²) in [6, 6.07) is 9.69. The lowest BCUT2D eigenvalue weighted by Gasteiger charge is -2.20. The molecule has 0 spiro atoms. The van der Waals surface area contributed by atoms with Crippen LogP contribution in [-0.2, 0) is 24.2 Å². The Balaban J connectivity index is 1.42. The van der Waals surface area contributed by atoms with E-state index in [1.165, 1.54) is 4.88 Å². The molecule has 4 rings (SSSR count). The van der Waals surface area contributed by atoms with Gasteiger partial charge in [-0.1, -0.05) is 12.1 Å². The van der Waals surface area contributed by atoms with Gasteiger partial charge in [0.05, 0.1) is 11.4 Å². The summed E-state index contributed by atoms with van der Waals surface area (Å²) in [5, 5.41) is 3.98. The minimum Gasteiger partial charge on any atom is -0.352 e. The van der Waals surface area contributed by atoms with Gasteiger partial charge in [-0.25, -0.2) is 4.98 Å². The molecule has 5 nitrogen and oxygen atoms in total. The number of carbonyl (C=O) groups excluding carboxylic acids is 1. The molecule has 1 amide bonds. The fourth-order valence-corrected chi connectivity index (χ4v) is 4.20. The predicted octanol–water partition coefficient (Wildman–Crippen LogP) is 3.02. The van der Waals surface area contributed by atoms with Crippen LogP contribution >= 0.6 is 11.3 Å². The largest absolute Gasteiger partial charge is 0.352 e. The van der Waals surface area contributed by atoms with Crippen LogP contribution in [0.1, 0.15) is 22.6 Å². The van der Waals surface area contributed by atoms with Gasteiger partial charge < -0.3 is 5.32 Å². The summed E-state index contributed by atoms with van der Waals surface area (Å²) in [5.74, 6) is 0.128. The summed E-state index contributed by atoms with van der Waals surface area (Å²) in [6.45, 7) is 0.526. The molecule has 1 aliphatic rings. The van der Waals surface area contributed by atoms with E-state index < -0.39 is 0 Å². The van der Waals surface area contributed by atoms with E-state index in [-0.39, 0.29) is 11.8 Å². The quantitative estimate of drug-likeness (QED) is 0.785. The van der Waals surface area contributed by atoms with Crippen LogP contribution in [0, 0.1) is 5.92 Å². The summed E-state index contributed by atoms with van der Waals surface area (Å²) >= 11 is 1.66. The Kier molecular flexibility index (Phi) is 4.52. The highest BCUT2D eigenvalue weighted by molar-refractivity contribution is 7.15. The molecule has 1 atom stereocenters. The van der Waals surface area contributed by atoms with Crippen molar-refractivity contribution in [2.45, 2.75) is 25.8 Å². The number of aromatic nitrogens is 3. The van der Waals surface area contributed by atoms with Gasteiger partial charge in [0.15, 0.2) is 0 Å². The first-order chi connectivity index (χ1) is 12.3. The van der Waals surface area contributed by atoms with Crippen LogP contribution in [0.5, 0.6) is 0 Å². The second-order valence-electron chi connectivity index (χ2n) is 6.12. The zero-order valence-corrected chi connectivity index (χ0v) is 14.5. The fourth-order valence-electron chi connectivity index (χ4n) is 3.03. The maximum Gasteiger partial charge on any atom is 0.223 e. The normalized spacial score (nSPS) is 16.2. The van der Waals surface area contributed by atoms with Crippen molar-refractivity contribution in [3.8, 4) is 10.7 Å². The first kappa shape index (κ1) is 15.9. The maximum absolute atomic E-state index is 12.5. The number of fused-ring (bicyclic) bond motifs is 1. The maximum atomic E-state index is 12.5. The molecule has 6 heteroatoms. The van der Waals surface area contributed by atoms with Gasteiger partial charge in [0.1, 0.15) is 5.01 Å². The number of nitrogens with zero attached hydrogens (tertiary/aromatic N) is 3. The van der Waals surface area contributed by atoms with Gasteiger partial charge in [0.25, 0.3) is 0 Å². The van der Waals surface area contributed by atoms with Gasteiger partial charge in [0, 0.05) is 35.9 Å². The Morgan fingerprint density at radius 2 is 2.20 bits per heavy atom. The highest BCUT2D eigenvalue weighted by Crippen LogP contribution is 2.34. The van der Waals surface area contributed by atoms with Crippen molar-refractivity contribution in [2.24, 2.45) is 5.92 Å². The van der Waals surface area contributed by atoms with Gasteiger partial charge >= 0.3 is 0 Å². The Morgan fingerprint density at radius 1 is 1.24 bits per heavy atom. The molecular weight excluding hydrogens is 332 g/mol. The topological polar surface area (TPSA) is 67.8 Å². The number of hydrogen-bond acceptors (Lipinski definition) is 5. The fraction of sp³-hybridized carbons (Fsp3) is 0.263. The minimum absolute atomic E-state index is 0.0150. The van der Waals surface area contributed by atoms with Gasteiger partial charge in [0.2, 0.25) is 5.91 Å². The lowest BCUT2D eigenvalue weighted by molar-refractivity contribution is -0.125. The average Bonchev–Trinajstić information content (AvgIpc) is 3.11. The standard InChI is InChI=1S/C19H18N4OS/c24-18(22-12-13-4-3-8-20-11-13)14-6-7-15-17(10-14)25-19(23-15)16-5-1-2-9-21-16/h1-5,8-9,11,14H,6-7,10,12H2,(H,22,24). The van der Waals surface area contributed by atoms with Crippen molar-refractivity contribution in [1.29, 1.82) is 0 Å². The monoisotopic (exact) mass is 350 g/mol. The lowest BCUT2D eigenvalue weighted by atomic mass is 9.90. The molecule has 1 unspecified atom stereocenters. The highest BCUT2D eigenvalue weighted by atomic mass is 32.1. The van der Waals surface area contributed by atoms with Crippen LogP contribution in [0.2, 0.25) is 0 Å². The van der Waals surface area contributed by atoms with Crippen molar-refractivity contribution in [3.63, 3.8) is 0 Å². The van der Waals surface area contributed by atoms with Crippen molar-refractivity contribution in [3.05, 3.63) is 65.1 Å². The number of rotatable bonds is 4. The molecule has 3 aromatic rings. The SMILES string of the molecule is O=C(NCc1cccnc1)C1CCc2nc(-c3ccccn3)sc2C1. The van der Waals surface area contributed by atoms with Crippen molar-refractivity contribution >= 4 is 17.2 Å². The molecule has 0 saturated heterocycles. The van der Waals surface area contributed by atoms with E-state index in [2.05, 4.69) is 15.3 Å². The molecule has 0 fully saturated rings. The number of hydrogen-bond donors (Lipinski definition) is 1. The van der Waals surface area contributed by atoms with E-state index in [4.69, 9.17) is 4.98 Å². The molecule has 25 heavy (non-hydrogen) atoms. The van der Waals surface area contributed by atoms with E-state index >= 15 is 0 Å². The van der Waals surface area contributed by atoms with Gasteiger partial charge in [-0.15, -0.1) is 11.3 Å². The lowest BCUT2D eigenvalue weighted by Crippen LogP contribution is -2.33. The molecule has 0 radical (unpaired) electrons. The van der Waals surface area contributed by atoms with Crippen LogP contribution in [0.3, 0.4) is 0 Å². The van der Waals surface area contributed by atoms with Gasteiger partial charge in [-0.3, -0.25) is 14.8 Å². The smallest absolute Gasteiger partial charge is 0.223 e. The third kappa shape index (κ3) is 3.58. The number of amides is 1. The number of nitrogens with one attached hydrogen (secondary N) is 1. The van der Waals surface area contributed by atoms with E-state index in [0.29, 0.717) is 6.54 Å². The molecule has 3 heterocycles. The zero-order chi connectivity index (χ0) is 17.1. The average molecular weight is 350 g/mol. The Bertz CT molecular complexity index is 864. The van der Waals surface area contributed by atoms with Crippen LogP contribution in [0.15, 0.2) is 48.9 Å². The molecule has 0 saturated carbocycles. The summed E-state index contributed by atoms with van der Waals surface area (Å²) < 4.78 is 0. The van der Waals surface area contributed by atoms with Crippen LogP contribution in [-0.4, -0.2) is 20.9 Å². The first-order valence-corrected chi connectivity index (χ1v) is 9.18. The Hall–Kier alpha value is -2.60. The number of aryl methyl sites for hydroxylation is 1. The van der Waals surface area contributed by atoms with Gasteiger partial charge in [-0.05, 0) is 43.0 Å². The zero-order valence-electron chi connectivity index (χ0n) is 13.7. The van der Waals surface area contributed by atoms with Crippen molar-refractivity contribution in [2.75, 3.05) is 0 Å². The number of carbonyl (C=O) groups is 1. The summed E-state index contributed by atoms with van der Waals surface area (Å²) in [4.78, 5) is 26.9. The highest BCUT2D eigenvalue weighted by Gasteiger charge is 2.27. The predicted molar refractivity (Wildman–Crippen MR) is 96.9 cm³/mol. The Labute approximate surface area is 150 Å². The second kappa shape index (κ2) is 7.11. The van der Waals surface area contributed by atoms with E-state index in [0.717, 1.165) is 41.2 Å². The molecule has 0 aromatic carbocycles. The molecule has 3 aromatic heterocycles. The molecule has 1 N–H and O–H groups in total. The second-order valence-corrected chi connectivity index (χ2v) is 7.21. The molecule has 1 aliphatic carbocycles. The summed E-state index contributed by atoms with van der Waals surface area (Å²) in [6.07, 6.45) is 7.75. The van der Waals surface area contributed by atoms with Crippen LogP contribution in [0.4, 0.5) is 0 Å². The van der Waals surface area contributed by atoms with E-state index in [1.54, 1.807) is 29.9 Å². The van der Waals surface area contributed by atoms with E-state index in [9.17, 15) is 4.79 Å². The molecule has 0 bridgehead atoms. The summed E-state index contributed by atoms with van der Waals surface area (Å²) in [5.41, 5.74) is 3.05. The summed E-state index contributed by atoms with van der Waals surface area (Å²) in [7, 11) is 0. The number of thiazole rings is 1. The van der Waals surface area contributed by atoms with Crippen LogP contribution in [0.25, 0.3) is 10.7 Å². The third-order valence-corrected chi connectivity index (χ3v) is 5.53. The minimum atomic E-state index is 0.0150. The molecule has 0 aliphatic heterocycles.